The van der Waals surface area contributed by atoms with Gasteiger partial charge in [0.25, 0.3) is 0 Å². The van der Waals surface area contributed by atoms with Crippen molar-refractivity contribution in [3.8, 4) is 0 Å². The monoisotopic (exact) mass is 375 g/mol. The molecule has 2 aromatic rings. The fourth-order valence-electron chi connectivity index (χ4n) is 3.49. The van der Waals surface area contributed by atoms with Crippen LogP contribution in [0.1, 0.15) is 24.9 Å². The number of hydrogen-bond donors (Lipinski definition) is 1. The third-order valence-electron chi connectivity index (χ3n) is 5.02. The summed E-state index contributed by atoms with van der Waals surface area (Å²) >= 11 is 1.63. The fraction of sp³-hybridized carbons (Fsp3) is 0.474. The maximum atomic E-state index is 13.6. The van der Waals surface area contributed by atoms with E-state index in [1.54, 1.807) is 24.9 Å². The van der Waals surface area contributed by atoms with Crippen molar-refractivity contribution >= 4 is 17.7 Å². The van der Waals surface area contributed by atoms with Gasteiger partial charge in [-0.1, -0.05) is 6.92 Å². The van der Waals surface area contributed by atoms with Crippen LogP contribution in [0.15, 0.2) is 46.8 Å². The molecule has 1 N–H and O–H groups in total. The van der Waals surface area contributed by atoms with Gasteiger partial charge >= 0.3 is 0 Å². The highest BCUT2D eigenvalue weighted by atomic mass is 32.2. The van der Waals surface area contributed by atoms with E-state index in [2.05, 4.69) is 31.7 Å². The van der Waals surface area contributed by atoms with Gasteiger partial charge in [-0.05, 0) is 42.4 Å². The second kappa shape index (κ2) is 8.58. The number of aliphatic imine (C=N–C) groups is 1. The molecule has 1 saturated heterocycles. The number of benzene rings is 1. The summed E-state index contributed by atoms with van der Waals surface area (Å²) in [6, 6.07) is 5.31. The van der Waals surface area contributed by atoms with E-state index >= 15 is 0 Å². The summed E-state index contributed by atoms with van der Waals surface area (Å²) in [5, 5.41) is 3.41. The molecular weight excluding hydrogens is 349 g/mol. The highest BCUT2D eigenvalue weighted by Crippen LogP contribution is 2.27. The average Bonchev–Trinajstić information content (AvgIpc) is 3.18. The van der Waals surface area contributed by atoms with Gasteiger partial charge in [0.05, 0.1) is 12.4 Å². The van der Waals surface area contributed by atoms with Crippen molar-refractivity contribution in [1.29, 1.82) is 0 Å². The SMILES string of the molecule is CN=C(NCc1cc(F)ccc1SC)N1CCC(C)C(n2ccnc2)C1. The number of guanidine groups is 1. The van der Waals surface area contributed by atoms with Crippen molar-refractivity contribution in [2.75, 3.05) is 26.4 Å². The Balaban J connectivity index is 1.68. The zero-order valence-electron chi connectivity index (χ0n) is 15.5. The molecule has 3 rings (SSSR count). The maximum Gasteiger partial charge on any atom is 0.193 e. The van der Waals surface area contributed by atoms with Gasteiger partial charge in [-0.3, -0.25) is 4.99 Å². The summed E-state index contributed by atoms with van der Waals surface area (Å²) in [6.45, 7) is 4.69. The van der Waals surface area contributed by atoms with E-state index in [1.165, 1.54) is 6.07 Å². The van der Waals surface area contributed by atoms with Crippen molar-refractivity contribution in [2.45, 2.75) is 30.8 Å². The lowest BCUT2D eigenvalue weighted by atomic mass is 9.93. The molecule has 0 aliphatic carbocycles. The predicted octanol–water partition coefficient (Wildman–Crippen LogP) is 3.40. The van der Waals surface area contributed by atoms with Gasteiger partial charge in [-0.15, -0.1) is 11.8 Å². The van der Waals surface area contributed by atoms with Crippen LogP contribution in [-0.2, 0) is 6.54 Å². The lowest BCUT2D eigenvalue weighted by Gasteiger charge is -2.39. The first-order valence-corrected chi connectivity index (χ1v) is 10.1. The largest absolute Gasteiger partial charge is 0.352 e. The van der Waals surface area contributed by atoms with E-state index in [9.17, 15) is 4.39 Å². The molecule has 1 fully saturated rings. The number of hydrogen-bond acceptors (Lipinski definition) is 3. The lowest BCUT2D eigenvalue weighted by molar-refractivity contribution is 0.189. The summed E-state index contributed by atoms with van der Waals surface area (Å²) in [5.41, 5.74) is 0.954. The van der Waals surface area contributed by atoms with E-state index in [1.807, 2.05) is 31.0 Å². The van der Waals surface area contributed by atoms with Crippen LogP contribution in [-0.4, -0.2) is 46.8 Å². The Morgan fingerprint density at radius 1 is 1.46 bits per heavy atom. The van der Waals surface area contributed by atoms with Crippen LogP contribution in [0.4, 0.5) is 4.39 Å². The first-order chi connectivity index (χ1) is 12.6. The topological polar surface area (TPSA) is 45.5 Å². The molecule has 0 saturated carbocycles. The van der Waals surface area contributed by atoms with E-state index in [0.29, 0.717) is 18.5 Å². The summed E-state index contributed by atoms with van der Waals surface area (Å²) in [5.74, 6) is 1.24. The summed E-state index contributed by atoms with van der Waals surface area (Å²) < 4.78 is 15.8. The number of likely N-dealkylation sites (tertiary alicyclic amines) is 1. The molecular formula is C19H26FN5S. The first-order valence-electron chi connectivity index (χ1n) is 8.87. The minimum absolute atomic E-state index is 0.207. The van der Waals surface area contributed by atoms with Gasteiger partial charge in [0.15, 0.2) is 5.96 Å². The number of halogens is 1. The molecule has 0 radical (unpaired) electrons. The third kappa shape index (κ3) is 4.20. The number of piperidine rings is 1. The minimum Gasteiger partial charge on any atom is -0.352 e. The van der Waals surface area contributed by atoms with Gasteiger partial charge < -0.3 is 14.8 Å². The normalized spacial score (nSPS) is 21.1. The molecule has 1 aromatic heterocycles. The number of aromatic nitrogens is 2. The predicted molar refractivity (Wildman–Crippen MR) is 105 cm³/mol. The van der Waals surface area contributed by atoms with Crippen LogP contribution in [0.5, 0.6) is 0 Å². The van der Waals surface area contributed by atoms with Gasteiger partial charge in [0.2, 0.25) is 0 Å². The molecule has 2 unspecified atom stereocenters. The van der Waals surface area contributed by atoms with Crippen LogP contribution < -0.4 is 5.32 Å². The quantitative estimate of drug-likeness (QED) is 0.505. The average molecular weight is 376 g/mol. The molecule has 1 aliphatic rings. The number of imidazole rings is 1. The number of nitrogens with one attached hydrogen (secondary N) is 1. The second-order valence-corrected chi connectivity index (χ2v) is 7.49. The molecule has 2 heterocycles. The van der Waals surface area contributed by atoms with Crippen LogP contribution in [0, 0.1) is 11.7 Å². The van der Waals surface area contributed by atoms with E-state index in [0.717, 1.165) is 35.9 Å². The first kappa shape index (κ1) is 18.8. The van der Waals surface area contributed by atoms with Crippen molar-refractivity contribution < 1.29 is 4.39 Å². The van der Waals surface area contributed by atoms with Crippen LogP contribution in [0.3, 0.4) is 0 Å². The zero-order chi connectivity index (χ0) is 18.5. The smallest absolute Gasteiger partial charge is 0.193 e. The van der Waals surface area contributed by atoms with Gasteiger partial charge in [0.1, 0.15) is 5.82 Å². The molecule has 1 aliphatic heterocycles. The molecule has 0 bridgehead atoms. The van der Waals surface area contributed by atoms with Crippen LogP contribution in [0.25, 0.3) is 0 Å². The molecule has 7 heteroatoms. The molecule has 5 nitrogen and oxygen atoms in total. The maximum absolute atomic E-state index is 13.6. The Hall–Kier alpha value is -2.02. The Kier molecular flexibility index (Phi) is 6.19. The summed E-state index contributed by atoms with van der Waals surface area (Å²) in [4.78, 5) is 12.0. The zero-order valence-corrected chi connectivity index (χ0v) is 16.3. The molecule has 2 atom stereocenters. The molecule has 0 amide bonds. The van der Waals surface area contributed by atoms with E-state index in [-0.39, 0.29) is 5.82 Å². The lowest BCUT2D eigenvalue weighted by Crippen LogP contribution is -2.48. The highest BCUT2D eigenvalue weighted by Gasteiger charge is 2.28. The molecule has 140 valence electrons. The molecule has 1 aromatic carbocycles. The Morgan fingerprint density at radius 3 is 3.00 bits per heavy atom. The summed E-state index contributed by atoms with van der Waals surface area (Å²) in [6.07, 6.45) is 8.84. The fourth-order valence-corrected chi connectivity index (χ4v) is 4.08. The number of rotatable bonds is 4. The van der Waals surface area contributed by atoms with Gasteiger partial charge in [-0.2, -0.15) is 0 Å². The van der Waals surface area contributed by atoms with E-state index in [4.69, 9.17) is 0 Å². The molecule has 0 spiro atoms. The minimum atomic E-state index is -0.207. The van der Waals surface area contributed by atoms with Gasteiger partial charge in [-0.25, -0.2) is 9.37 Å². The highest BCUT2D eigenvalue weighted by molar-refractivity contribution is 7.98. The van der Waals surface area contributed by atoms with Crippen molar-refractivity contribution in [3.05, 3.63) is 48.3 Å². The Labute approximate surface area is 158 Å². The van der Waals surface area contributed by atoms with Crippen LogP contribution in [0.2, 0.25) is 0 Å². The Morgan fingerprint density at radius 2 is 2.31 bits per heavy atom. The number of thioether (sulfide) groups is 1. The standard InChI is InChI=1S/C19H26FN5S/c1-14-6-8-24(12-17(14)25-9-7-22-13-25)19(21-2)23-11-15-10-16(20)4-5-18(15)26-3/h4-5,7,9-10,13-14,17H,6,8,11-12H2,1-3H3,(H,21,23). The third-order valence-corrected chi connectivity index (χ3v) is 5.86. The van der Waals surface area contributed by atoms with Crippen molar-refractivity contribution in [2.24, 2.45) is 10.9 Å². The number of nitrogens with zero attached hydrogens (tertiary/aromatic N) is 4. The molecule has 26 heavy (non-hydrogen) atoms. The summed E-state index contributed by atoms with van der Waals surface area (Å²) in [7, 11) is 1.80. The van der Waals surface area contributed by atoms with Crippen molar-refractivity contribution in [3.63, 3.8) is 0 Å². The van der Waals surface area contributed by atoms with Gasteiger partial charge in [0, 0.05) is 44.0 Å². The van der Waals surface area contributed by atoms with E-state index < -0.39 is 0 Å². The Bertz CT molecular complexity index is 746. The van der Waals surface area contributed by atoms with Crippen molar-refractivity contribution in [1.82, 2.24) is 19.8 Å². The van der Waals surface area contributed by atoms with Crippen LogP contribution >= 0.6 is 11.8 Å². The second-order valence-electron chi connectivity index (χ2n) is 6.65.